The molecule has 0 amide bonds. The van der Waals surface area contributed by atoms with E-state index in [2.05, 4.69) is 26.8 Å². The van der Waals surface area contributed by atoms with E-state index in [0.29, 0.717) is 0 Å². The van der Waals surface area contributed by atoms with Crippen LogP contribution >= 0.6 is 0 Å². The Labute approximate surface area is 93.7 Å². The minimum atomic E-state index is 0.268. The lowest BCUT2D eigenvalue weighted by molar-refractivity contribution is 0.751. The van der Waals surface area contributed by atoms with Crippen molar-refractivity contribution in [2.24, 2.45) is 5.73 Å². The van der Waals surface area contributed by atoms with Crippen molar-refractivity contribution >= 4 is 16.9 Å². The van der Waals surface area contributed by atoms with Gasteiger partial charge in [0.1, 0.15) is 17.8 Å². The lowest BCUT2D eigenvalue weighted by Gasteiger charge is -2.17. The molecule has 0 bridgehead atoms. The van der Waals surface area contributed by atoms with Gasteiger partial charge in [-0.1, -0.05) is 0 Å². The van der Waals surface area contributed by atoms with Gasteiger partial charge in [-0.15, -0.1) is 0 Å². The van der Waals surface area contributed by atoms with E-state index in [9.17, 15) is 0 Å². The van der Waals surface area contributed by atoms with E-state index in [0.717, 1.165) is 36.4 Å². The minimum absolute atomic E-state index is 0.268. The molecule has 1 atom stereocenters. The number of fused-ring (bicyclic) bond motifs is 1. The zero-order chi connectivity index (χ0) is 11.1. The molecule has 0 aromatic carbocycles. The van der Waals surface area contributed by atoms with Gasteiger partial charge in [0, 0.05) is 25.3 Å². The Kier molecular flexibility index (Phi) is 2.07. The molecule has 2 aromatic rings. The smallest absolute Gasteiger partial charge is 0.143 e. The van der Waals surface area contributed by atoms with Gasteiger partial charge in [-0.05, 0) is 18.9 Å². The molecule has 0 saturated carbocycles. The SMILES string of the molecule is Cc1c[nH]c2ncnc(N3CCC(N)C3)c12. The molecule has 1 aliphatic heterocycles. The highest BCUT2D eigenvalue weighted by Crippen LogP contribution is 2.27. The topological polar surface area (TPSA) is 70.8 Å². The van der Waals surface area contributed by atoms with E-state index in [1.807, 2.05) is 6.20 Å². The van der Waals surface area contributed by atoms with Crippen molar-refractivity contribution < 1.29 is 0 Å². The van der Waals surface area contributed by atoms with Crippen molar-refractivity contribution in [2.75, 3.05) is 18.0 Å². The highest BCUT2D eigenvalue weighted by atomic mass is 15.2. The number of nitrogens with two attached hydrogens (primary N) is 1. The van der Waals surface area contributed by atoms with Crippen LogP contribution in [0.5, 0.6) is 0 Å². The summed E-state index contributed by atoms with van der Waals surface area (Å²) in [4.78, 5) is 14.0. The standard InChI is InChI=1S/C11H15N5/c1-7-4-13-10-9(7)11(15-6-14-10)16-3-2-8(12)5-16/h4,6,8H,2-3,5,12H2,1H3,(H,13,14,15). The molecule has 5 heteroatoms. The minimum Gasteiger partial charge on any atom is -0.354 e. The van der Waals surface area contributed by atoms with Crippen molar-refractivity contribution in [3.63, 3.8) is 0 Å². The van der Waals surface area contributed by atoms with E-state index < -0.39 is 0 Å². The highest BCUT2D eigenvalue weighted by Gasteiger charge is 2.22. The first-order valence-electron chi connectivity index (χ1n) is 5.55. The van der Waals surface area contributed by atoms with Crippen LogP contribution in [0.1, 0.15) is 12.0 Å². The zero-order valence-corrected chi connectivity index (χ0v) is 9.27. The summed E-state index contributed by atoms with van der Waals surface area (Å²) in [5.41, 5.74) is 8.02. The van der Waals surface area contributed by atoms with Crippen molar-refractivity contribution in [1.82, 2.24) is 15.0 Å². The predicted octanol–water partition coefficient (Wildman–Crippen LogP) is 0.804. The van der Waals surface area contributed by atoms with Crippen molar-refractivity contribution in [3.8, 4) is 0 Å². The van der Waals surface area contributed by atoms with E-state index in [1.165, 1.54) is 5.56 Å². The number of aryl methyl sites for hydroxylation is 1. The molecule has 1 unspecified atom stereocenters. The van der Waals surface area contributed by atoms with Crippen LogP contribution in [-0.2, 0) is 0 Å². The van der Waals surface area contributed by atoms with Gasteiger partial charge in [-0.25, -0.2) is 9.97 Å². The Morgan fingerprint density at radius 2 is 2.38 bits per heavy atom. The highest BCUT2D eigenvalue weighted by molar-refractivity contribution is 5.90. The van der Waals surface area contributed by atoms with Gasteiger partial charge in [0.05, 0.1) is 5.39 Å². The van der Waals surface area contributed by atoms with Crippen molar-refractivity contribution in [1.29, 1.82) is 0 Å². The third-order valence-corrected chi connectivity index (χ3v) is 3.17. The molecule has 1 aliphatic rings. The quantitative estimate of drug-likeness (QED) is 0.741. The van der Waals surface area contributed by atoms with E-state index in [1.54, 1.807) is 6.33 Å². The second-order valence-electron chi connectivity index (χ2n) is 4.39. The van der Waals surface area contributed by atoms with Gasteiger partial charge in [0.25, 0.3) is 0 Å². The number of nitrogens with zero attached hydrogens (tertiary/aromatic N) is 3. The molecule has 16 heavy (non-hydrogen) atoms. The third-order valence-electron chi connectivity index (χ3n) is 3.17. The van der Waals surface area contributed by atoms with Crippen LogP contribution in [0.4, 0.5) is 5.82 Å². The molecule has 2 aromatic heterocycles. The van der Waals surface area contributed by atoms with Crippen molar-refractivity contribution in [2.45, 2.75) is 19.4 Å². The molecule has 84 valence electrons. The van der Waals surface area contributed by atoms with Crippen LogP contribution in [0.25, 0.3) is 11.0 Å². The Morgan fingerprint density at radius 1 is 1.50 bits per heavy atom. The van der Waals surface area contributed by atoms with Gasteiger partial charge in [-0.3, -0.25) is 0 Å². The molecule has 5 nitrogen and oxygen atoms in total. The first-order chi connectivity index (χ1) is 7.75. The second-order valence-corrected chi connectivity index (χ2v) is 4.39. The monoisotopic (exact) mass is 217 g/mol. The zero-order valence-electron chi connectivity index (χ0n) is 9.27. The molecule has 0 spiro atoms. The summed E-state index contributed by atoms with van der Waals surface area (Å²) < 4.78 is 0. The van der Waals surface area contributed by atoms with Gasteiger partial charge < -0.3 is 15.6 Å². The van der Waals surface area contributed by atoms with E-state index in [-0.39, 0.29) is 6.04 Å². The third kappa shape index (κ3) is 1.36. The fourth-order valence-corrected chi connectivity index (χ4v) is 2.32. The number of H-pyrrole nitrogens is 1. The molecule has 3 rings (SSSR count). The number of nitrogens with one attached hydrogen (secondary N) is 1. The molecule has 0 aliphatic carbocycles. The summed E-state index contributed by atoms with van der Waals surface area (Å²) >= 11 is 0. The number of anilines is 1. The van der Waals surface area contributed by atoms with Crippen LogP contribution in [0.2, 0.25) is 0 Å². The maximum Gasteiger partial charge on any atom is 0.143 e. The van der Waals surface area contributed by atoms with Gasteiger partial charge in [0.15, 0.2) is 0 Å². The predicted molar refractivity (Wildman–Crippen MR) is 63.4 cm³/mol. The Hall–Kier alpha value is -1.62. The van der Waals surface area contributed by atoms with E-state index >= 15 is 0 Å². The first kappa shape index (κ1) is 9.59. The Morgan fingerprint density at radius 3 is 3.12 bits per heavy atom. The first-order valence-corrected chi connectivity index (χ1v) is 5.55. The fraction of sp³-hybridized carbons (Fsp3) is 0.455. The maximum absolute atomic E-state index is 5.93. The summed E-state index contributed by atoms with van der Waals surface area (Å²) in [6.45, 7) is 3.94. The number of rotatable bonds is 1. The molecule has 1 fully saturated rings. The molecule has 1 saturated heterocycles. The summed E-state index contributed by atoms with van der Waals surface area (Å²) in [5, 5.41) is 1.12. The van der Waals surface area contributed by atoms with Crippen LogP contribution in [-0.4, -0.2) is 34.1 Å². The maximum atomic E-state index is 5.93. The van der Waals surface area contributed by atoms with Crippen molar-refractivity contribution in [3.05, 3.63) is 18.1 Å². The van der Waals surface area contributed by atoms with Gasteiger partial charge in [-0.2, -0.15) is 0 Å². The number of hydrogen-bond acceptors (Lipinski definition) is 4. The summed E-state index contributed by atoms with van der Waals surface area (Å²) in [5.74, 6) is 1.01. The fourth-order valence-electron chi connectivity index (χ4n) is 2.32. The normalized spacial score (nSPS) is 20.9. The molecule has 0 radical (unpaired) electrons. The number of aromatic nitrogens is 3. The summed E-state index contributed by atoms with van der Waals surface area (Å²) in [7, 11) is 0. The van der Waals surface area contributed by atoms with Crippen LogP contribution < -0.4 is 10.6 Å². The van der Waals surface area contributed by atoms with Gasteiger partial charge >= 0.3 is 0 Å². The van der Waals surface area contributed by atoms with Crippen LogP contribution in [0.15, 0.2) is 12.5 Å². The van der Waals surface area contributed by atoms with Crippen LogP contribution in [0.3, 0.4) is 0 Å². The second kappa shape index (κ2) is 3.45. The molecular weight excluding hydrogens is 202 g/mol. The Bertz CT molecular complexity index is 518. The average Bonchev–Trinajstić information content (AvgIpc) is 2.86. The van der Waals surface area contributed by atoms with E-state index in [4.69, 9.17) is 5.73 Å². The lowest BCUT2D eigenvalue weighted by atomic mass is 10.2. The number of aromatic amines is 1. The average molecular weight is 217 g/mol. The largest absolute Gasteiger partial charge is 0.354 e. The lowest BCUT2D eigenvalue weighted by Crippen LogP contribution is -2.27. The summed E-state index contributed by atoms with van der Waals surface area (Å²) in [6, 6.07) is 0.268. The summed E-state index contributed by atoms with van der Waals surface area (Å²) in [6.07, 6.45) is 4.62. The molecule has 3 N–H and O–H groups in total. The molecular formula is C11H15N5. The molecule has 3 heterocycles. The van der Waals surface area contributed by atoms with Gasteiger partial charge in [0.2, 0.25) is 0 Å². The number of hydrogen-bond donors (Lipinski definition) is 2. The Balaban J connectivity index is 2.12. The van der Waals surface area contributed by atoms with Crippen LogP contribution in [0, 0.1) is 6.92 Å².